The number of hydrogen-bond donors (Lipinski definition) is 2. The average Bonchev–Trinajstić information content (AvgIpc) is 2.65. The van der Waals surface area contributed by atoms with E-state index in [1.165, 1.54) is 11.1 Å². The van der Waals surface area contributed by atoms with E-state index in [1.807, 2.05) is 31.3 Å². The van der Waals surface area contributed by atoms with Crippen molar-refractivity contribution < 1.29 is 4.74 Å². The van der Waals surface area contributed by atoms with Gasteiger partial charge in [-0.3, -0.25) is 4.98 Å². The number of pyridine rings is 2. The lowest BCUT2D eigenvalue weighted by atomic mass is 10.0. The molecule has 0 bridgehead atoms. The summed E-state index contributed by atoms with van der Waals surface area (Å²) in [4.78, 5) is 13.2. The number of nitrogens with one attached hydrogen (secondary N) is 1. The summed E-state index contributed by atoms with van der Waals surface area (Å²) >= 11 is 0. The second-order valence-corrected chi connectivity index (χ2v) is 5.94. The van der Waals surface area contributed by atoms with Gasteiger partial charge in [0.1, 0.15) is 12.3 Å². The normalized spacial score (nSPS) is 15.0. The molecular formula is C18H22N6O. The third kappa shape index (κ3) is 4.39. The minimum absolute atomic E-state index is 0.241. The van der Waals surface area contributed by atoms with Gasteiger partial charge in [-0.2, -0.15) is 5.10 Å². The van der Waals surface area contributed by atoms with Crippen LogP contribution >= 0.6 is 0 Å². The zero-order valence-corrected chi connectivity index (χ0v) is 14.5. The van der Waals surface area contributed by atoms with Crippen molar-refractivity contribution in [2.24, 2.45) is 15.9 Å². The smallest absolute Gasteiger partial charge is 0.213 e. The lowest BCUT2D eigenvalue weighted by Gasteiger charge is -2.17. The Kier molecular flexibility index (Phi) is 5.35. The number of ether oxygens (including phenoxy) is 1. The van der Waals surface area contributed by atoms with E-state index in [0.717, 1.165) is 30.9 Å². The van der Waals surface area contributed by atoms with Crippen LogP contribution in [0, 0.1) is 6.92 Å². The summed E-state index contributed by atoms with van der Waals surface area (Å²) in [6, 6.07) is 5.80. The molecule has 0 atom stereocenters. The number of rotatable bonds is 5. The highest BCUT2D eigenvalue weighted by Crippen LogP contribution is 2.18. The molecule has 7 nitrogen and oxygen atoms in total. The highest BCUT2D eigenvalue weighted by Gasteiger charge is 2.12. The highest BCUT2D eigenvalue weighted by atomic mass is 16.5. The largest absolute Gasteiger partial charge is 0.471 e. The number of aromatic nitrogens is 2. The van der Waals surface area contributed by atoms with Crippen molar-refractivity contribution in [3.8, 4) is 5.88 Å². The summed E-state index contributed by atoms with van der Waals surface area (Å²) < 4.78 is 5.83. The van der Waals surface area contributed by atoms with Gasteiger partial charge in [-0.1, -0.05) is 0 Å². The molecule has 0 saturated carbocycles. The maximum atomic E-state index is 5.83. The third-order valence-corrected chi connectivity index (χ3v) is 4.07. The van der Waals surface area contributed by atoms with Crippen LogP contribution in [0.1, 0.15) is 23.7 Å². The van der Waals surface area contributed by atoms with Crippen molar-refractivity contribution in [2.45, 2.75) is 26.8 Å². The maximum absolute atomic E-state index is 5.83. The molecule has 130 valence electrons. The number of hydrazone groups is 1. The summed E-state index contributed by atoms with van der Waals surface area (Å²) in [5, 5.41) is 7.07. The number of nitrogens with zero attached hydrogens (tertiary/aromatic N) is 4. The van der Waals surface area contributed by atoms with Crippen molar-refractivity contribution in [1.29, 1.82) is 0 Å². The minimum atomic E-state index is 0.241. The number of nitrogens with two attached hydrogens (primary N) is 1. The van der Waals surface area contributed by atoms with Gasteiger partial charge in [-0.05, 0) is 50.1 Å². The molecule has 0 unspecified atom stereocenters. The summed E-state index contributed by atoms with van der Waals surface area (Å²) in [5.74, 6) is 6.01. The van der Waals surface area contributed by atoms with Crippen LogP contribution < -0.4 is 15.9 Å². The second-order valence-electron chi connectivity index (χ2n) is 5.94. The Labute approximate surface area is 147 Å². The van der Waals surface area contributed by atoms with E-state index in [2.05, 4.69) is 25.4 Å². The monoisotopic (exact) mass is 338 g/mol. The Morgan fingerprint density at radius 2 is 2.16 bits per heavy atom. The van der Waals surface area contributed by atoms with Crippen LogP contribution in [0.15, 0.2) is 40.7 Å². The minimum Gasteiger partial charge on any atom is -0.471 e. The van der Waals surface area contributed by atoms with E-state index in [-0.39, 0.29) is 6.61 Å². The van der Waals surface area contributed by atoms with Gasteiger partial charge in [0, 0.05) is 24.5 Å². The van der Waals surface area contributed by atoms with Gasteiger partial charge in [0.05, 0.1) is 17.6 Å². The van der Waals surface area contributed by atoms with Crippen LogP contribution in [0.25, 0.3) is 0 Å². The van der Waals surface area contributed by atoms with Crippen molar-refractivity contribution in [3.63, 3.8) is 0 Å². The van der Waals surface area contributed by atoms with E-state index in [0.29, 0.717) is 17.3 Å². The van der Waals surface area contributed by atoms with Crippen molar-refractivity contribution in [1.82, 2.24) is 15.3 Å². The Hall–Kier alpha value is -2.80. The summed E-state index contributed by atoms with van der Waals surface area (Å²) in [6.45, 7) is 5.80. The molecule has 3 heterocycles. The lowest BCUT2D eigenvalue weighted by molar-refractivity contribution is 0.361. The number of fused-ring (bicyclic) bond motifs is 1. The van der Waals surface area contributed by atoms with E-state index in [4.69, 9.17) is 10.6 Å². The van der Waals surface area contributed by atoms with Crippen LogP contribution in [0.4, 0.5) is 5.69 Å². The van der Waals surface area contributed by atoms with Gasteiger partial charge in [-0.15, -0.1) is 0 Å². The molecule has 0 spiro atoms. The first kappa shape index (κ1) is 17.0. The van der Waals surface area contributed by atoms with Gasteiger partial charge < -0.3 is 15.9 Å². The van der Waals surface area contributed by atoms with Crippen LogP contribution in [0.3, 0.4) is 0 Å². The van der Waals surface area contributed by atoms with Gasteiger partial charge in [0.25, 0.3) is 0 Å². The average molecular weight is 338 g/mol. The van der Waals surface area contributed by atoms with E-state index >= 15 is 0 Å². The first-order valence-electron chi connectivity index (χ1n) is 8.22. The van der Waals surface area contributed by atoms with Gasteiger partial charge >= 0.3 is 0 Å². The molecule has 2 aromatic rings. The summed E-state index contributed by atoms with van der Waals surface area (Å²) in [6.07, 6.45) is 4.55. The first-order valence-corrected chi connectivity index (χ1v) is 8.22. The zero-order valence-electron chi connectivity index (χ0n) is 14.5. The third-order valence-electron chi connectivity index (χ3n) is 4.07. The van der Waals surface area contributed by atoms with E-state index in [9.17, 15) is 0 Å². The SMILES string of the molecule is C/C(=N/N)C(COc1cc2c(cn1)CNCC2)=Nc1ccc(C)nc1. The van der Waals surface area contributed by atoms with Gasteiger partial charge in [0.15, 0.2) is 0 Å². The standard InChI is InChI=1S/C18H22N6O/c1-12-3-4-16(10-21-12)23-17(13(2)24-19)11-25-18-7-14-5-6-20-8-15(14)9-22-18/h3-4,7,9-10,20H,5-6,8,11,19H2,1-2H3/b23-17?,24-13-. The molecule has 0 aromatic carbocycles. The molecule has 0 fully saturated rings. The molecule has 0 amide bonds. The molecular weight excluding hydrogens is 316 g/mol. The number of aryl methyl sites for hydroxylation is 1. The van der Waals surface area contributed by atoms with Crippen molar-refractivity contribution in [2.75, 3.05) is 13.2 Å². The highest BCUT2D eigenvalue weighted by molar-refractivity contribution is 6.42. The molecule has 0 saturated heterocycles. The van der Waals surface area contributed by atoms with Crippen LogP contribution in [0.2, 0.25) is 0 Å². The van der Waals surface area contributed by atoms with Crippen LogP contribution in [0.5, 0.6) is 5.88 Å². The fraction of sp³-hybridized carbons (Fsp3) is 0.333. The van der Waals surface area contributed by atoms with E-state index in [1.54, 1.807) is 13.1 Å². The zero-order chi connectivity index (χ0) is 17.6. The van der Waals surface area contributed by atoms with Gasteiger partial charge in [0.2, 0.25) is 5.88 Å². The molecule has 1 aliphatic heterocycles. The molecule has 2 aromatic heterocycles. The fourth-order valence-electron chi connectivity index (χ4n) is 2.54. The second kappa shape index (κ2) is 7.85. The number of aliphatic imine (C=N–C) groups is 1. The molecule has 0 aliphatic carbocycles. The molecule has 25 heavy (non-hydrogen) atoms. The molecule has 7 heteroatoms. The predicted molar refractivity (Wildman–Crippen MR) is 98.5 cm³/mol. The summed E-state index contributed by atoms with van der Waals surface area (Å²) in [7, 11) is 0. The van der Waals surface area contributed by atoms with E-state index < -0.39 is 0 Å². The van der Waals surface area contributed by atoms with Crippen LogP contribution in [-0.2, 0) is 13.0 Å². The Balaban J connectivity index is 1.76. The van der Waals surface area contributed by atoms with Gasteiger partial charge in [-0.25, -0.2) is 9.98 Å². The fourth-order valence-corrected chi connectivity index (χ4v) is 2.54. The lowest BCUT2D eigenvalue weighted by Crippen LogP contribution is -2.24. The Morgan fingerprint density at radius 1 is 1.28 bits per heavy atom. The predicted octanol–water partition coefficient (Wildman–Crippen LogP) is 1.92. The Bertz CT molecular complexity index is 798. The molecule has 3 rings (SSSR count). The Morgan fingerprint density at radius 3 is 2.92 bits per heavy atom. The van der Waals surface area contributed by atoms with Crippen molar-refractivity contribution in [3.05, 3.63) is 47.4 Å². The van der Waals surface area contributed by atoms with Crippen molar-refractivity contribution >= 4 is 17.1 Å². The first-order chi connectivity index (χ1) is 12.2. The maximum Gasteiger partial charge on any atom is 0.213 e. The van der Waals surface area contributed by atoms with Crippen LogP contribution in [-0.4, -0.2) is 34.5 Å². The topological polar surface area (TPSA) is 97.8 Å². The quantitative estimate of drug-likeness (QED) is 0.493. The molecule has 1 aliphatic rings. The molecule has 0 radical (unpaired) electrons. The molecule has 3 N–H and O–H groups in total. The summed E-state index contributed by atoms with van der Waals surface area (Å²) in [5.41, 5.74) is 5.43. The number of hydrogen-bond acceptors (Lipinski definition) is 7.